The Hall–Kier alpha value is -1.60. The monoisotopic (exact) mass is 239 g/mol. The minimum absolute atomic E-state index is 0.0540. The average Bonchev–Trinajstić information content (AvgIpc) is 2.18. The number of halogens is 5. The van der Waals surface area contributed by atoms with E-state index >= 15 is 0 Å². The van der Waals surface area contributed by atoms with E-state index in [2.05, 4.69) is 4.74 Å². The zero-order valence-electron chi connectivity index (χ0n) is 7.94. The van der Waals surface area contributed by atoms with Crippen molar-refractivity contribution in [2.45, 2.75) is 0 Å². The largest absolute Gasteiger partial charge is 0.510 e. The summed E-state index contributed by atoms with van der Waals surface area (Å²) in [7, 11) is 0.844. The molecule has 0 radical (unpaired) electrons. The van der Waals surface area contributed by atoms with Crippen LogP contribution >= 0.6 is 0 Å². The van der Waals surface area contributed by atoms with E-state index in [1.165, 1.54) is 0 Å². The van der Waals surface area contributed by atoms with Gasteiger partial charge in [0, 0.05) is 5.56 Å². The van der Waals surface area contributed by atoms with Crippen LogP contribution in [-0.4, -0.2) is 20.1 Å². The maximum absolute atomic E-state index is 12.7. The Labute approximate surface area is 87.1 Å². The van der Waals surface area contributed by atoms with Gasteiger partial charge in [0.2, 0.25) is 0 Å². The molecule has 0 amide bonds. The first-order chi connectivity index (χ1) is 7.27. The quantitative estimate of drug-likeness (QED) is 0.446. The molecule has 0 unspecified atom stereocenters. The highest BCUT2D eigenvalue weighted by Gasteiger charge is 2.32. The Morgan fingerprint density at radius 3 is 2.12 bits per heavy atom. The molecule has 0 heterocycles. The van der Waals surface area contributed by atoms with Gasteiger partial charge < -0.3 is 17.7 Å². The lowest BCUT2D eigenvalue weighted by Crippen LogP contribution is -2.39. The van der Waals surface area contributed by atoms with Crippen molar-refractivity contribution in [3.8, 4) is 0 Å². The average molecular weight is 239 g/mol. The number of hydrogen-bond acceptors (Lipinski definition) is 2. The van der Waals surface area contributed by atoms with Gasteiger partial charge in [0.15, 0.2) is 11.6 Å². The summed E-state index contributed by atoms with van der Waals surface area (Å²) in [4.78, 5) is 10.9. The van der Waals surface area contributed by atoms with Crippen LogP contribution in [0.5, 0.6) is 0 Å². The molecule has 1 rings (SSSR count). The summed E-state index contributed by atoms with van der Waals surface area (Å²) in [5.74, 6) is -4.57. The van der Waals surface area contributed by atoms with E-state index in [0.29, 0.717) is 0 Å². The lowest BCUT2D eigenvalue weighted by molar-refractivity contribution is 0.0601. The normalized spacial score (nSPS) is 11.4. The highest BCUT2D eigenvalue weighted by molar-refractivity contribution is 6.74. The summed E-state index contributed by atoms with van der Waals surface area (Å²) in [6, 6.07) is 0.118. The fraction of sp³-hybridized carbons (Fsp3) is 0.125. The van der Waals surface area contributed by atoms with Crippen LogP contribution in [0, 0.1) is 11.6 Å². The second-order valence-corrected chi connectivity index (χ2v) is 2.92. The maximum Gasteiger partial charge on any atom is 0.510 e. The molecule has 0 bridgehead atoms. The Bertz CT molecular complexity index is 429. The van der Waals surface area contributed by atoms with Crippen molar-refractivity contribution in [3.63, 3.8) is 0 Å². The summed E-state index contributed by atoms with van der Waals surface area (Å²) in [6.45, 7) is -5.62. The first kappa shape index (κ1) is 12.5. The van der Waals surface area contributed by atoms with Crippen molar-refractivity contribution in [3.05, 3.63) is 29.3 Å². The summed E-state index contributed by atoms with van der Waals surface area (Å²) in [5.41, 5.74) is -2.54. The number of ether oxygens (including phenoxy) is 1. The summed E-state index contributed by atoms with van der Waals surface area (Å²) >= 11 is 0. The van der Waals surface area contributed by atoms with Crippen molar-refractivity contribution >= 4 is 18.4 Å². The molecule has 0 spiro atoms. The molecular formula is C8H5BF5O2-. The fourth-order valence-corrected chi connectivity index (χ4v) is 1.12. The molecule has 0 saturated carbocycles. The Morgan fingerprint density at radius 2 is 1.69 bits per heavy atom. The van der Waals surface area contributed by atoms with Crippen LogP contribution in [0.25, 0.3) is 0 Å². The Morgan fingerprint density at radius 1 is 1.19 bits per heavy atom. The smallest absolute Gasteiger partial charge is 0.465 e. The lowest BCUT2D eigenvalue weighted by atomic mass is 9.76. The maximum atomic E-state index is 12.7. The van der Waals surface area contributed by atoms with Crippen LogP contribution in [0.15, 0.2) is 12.1 Å². The van der Waals surface area contributed by atoms with E-state index in [9.17, 15) is 26.5 Å². The summed E-state index contributed by atoms with van der Waals surface area (Å²) < 4.78 is 66.7. The third-order valence-corrected chi connectivity index (χ3v) is 1.85. The highest BCUT2D eigenvalue weighted by Crippen LogP contribution is 2.16. The SMILES string of the molecule is COC(=O)c1cc(F)c(F)cc1[B-](F)(F)F. The third-order valence-electron chi connectivity index (χ3n) is 1.85. The van der Waals surface area contributed by atoms with E-state index in [-0.39, 0.29) is 12.1 Å². The van der Waals surface area contributed by atoms with Crippen LogP contribution in [-0.2, 0) is 4.74 Å². The number of hydrogen-bond donors (Lipinski definition) is 0. The predicted octanol–water partition coefficient (Wildman–Crippen LogP) is 1.81. The van der Waals surface area contributed by atoms with Crippen molar-refractivity contribution in [1.29, 1.82) is 0 Å². The topological polar surface area (TPSA) is 26.3 Å². The van der Waals surface area contributed by atoms with E-state index in [1.807, 2.05) is 0 Å². The van der Waals surface area contributed by atoms with Gasteiger partial charge in [0.25, 0.3) is 0 Å². The van der Waals surface area contributed by atoms with Crippen LogP contribution in [0.2, 0.25) is 0 Å². The molecule has 1 aromatic carbocycles. The van der Waals surface area contributed by atoms with Gasteiger partial charge in [-0.05, 0) is 12.1 Å². The van der Waals surface area contributed by atoms with E-state index in [1.54, 1.807) is 0 Å². The molecule has 0 fully saturated rings. The molecule has 0 atom stereocenters. The number of rotatable bonds is 2. The van der Waals surface area contributed by atoms with E-state index < -0.39 is 35.6 Å². The Balaban J connectivity index is 3.45. The molecule has 0 aromatic heterocycles. The zero-order chi connectivity index (χ0) is 12.5. The van der Waals surface area contributed by atoms with Crippen molar-refractivity contribution < 1.29 is 31.3 Å². The van der Waals surface area contributed by atoms with E-state index in [0.717, 1.165) is 7.11 Å². The molecule has 0 aliphatic rings. The first-order valence-electron chi connectivity index (χ1n) is 4.04. The summed E-state index contributed by atoms with van der Waals surface area (Å²) in [6.07, 6.45) is 0. The highest BCUT2D eigenvalue weighted by atomic mass is 19.4. The molecule has 8 heteroatoms. The van der Waals surface area contributed by atoms with Crippen LogP contribution in [0.1, 0.15) is 10.4 Å². The van der Waals surface area contributed by atoms with Gasteiger partial charge in [-0.2, -0.15) is 0 Å². The number of carbonyl (C=O) groups excluding carboxylic acids is 1. The molecule has 16 heavy (non-hydrogen) atoms. The lowest BCUT2D eigenvalue weighted by Gasteiger charge is -2.18. The Kier molecular flexibility index (Phi) is 3.20. The molecule has 0 aliphatic carbocycles. The molecule has 0 aliphatic heterocycles. The number of carbonyl (C=O) groups is 1. The van der Waals surface area contributed by atoms with Gasteiger partial charge in [-0.15, -0.1) is 0 Å². The third kappa shape index (κ3) is 2.31. The van der Waals surface area contributed by atoms with Crippen molar-refractivity contribution in [2.75, 3.05) is 7.11 Å². The predicted molar refractivity (Wildman–Crippen MR) is 46.4 cm³/mol. The van der Waals surface area contributed by atoms with Crippen molar-refractivity contribution in [1.82, 2.24) is 0 Å². The van der Waals surface area contributed by atoms with Gasteiger partial charge in [0.05, 0.1) is 7.11 Å². The van der Waals surface area contributed by atoms with Crippen molar-refractivity contribution in [2.24, 2.45) is 0 Å². The molecule has 2 nitrogen and oxygen atoms in total. The van der Waals surface area contributed by atoms with Gasteiger partial charge >= 0.3 is 12.9 Å². The van der Waals surface area contributed by atoms with Gasteiger partial charge in [-0.25, -0.2) is 13.6 Å². The number of methoxy groups -OCH3 is 1. The second-order valence-electron chi connectivity index (χ2n) is 2.92. The summed E-state index contributed by atoms with van der Waals surface area (Å²) in [5, 5.41) is 0. The number of esters is 1. The molecule has 0 N–H and O–H groups in total. The molecule has 1 aromatic rings. The minimum Gasteiger partial charge on any atom is -0.465 e. The molecule has 0 saturated heterocycles. The van der Waals surface area contributed by atoms with Crippen LogP contribution in [0.4, 0.5) is 21.7 Å². The van der Waals surface area contributed by atoms with Gasteiger partial charge in [0.1, 0.15) is 0 Å². The molecular weight excluding hydrogens is 234 g/mol. The zero-order valence-corrected chi connectivity index (χ0v) is 7.94. The minimum atomic E-state index is -5.62. The van der Waals surface area contributed by atoms with Gasteiger partial charge in [-0.3, -0.25) is 0 Å². The van der Waals surface area contributed by atoms with E-state index in [4.69, 9.17) is 0 Å². The van der Waals surface area contributed by atoms with Crippen LogP contribution in [0.3, 0.4) is 0 Å². The standard InChI is InChI=1S/C8H5BF5O2/c1-16-8(15)4-2-6(10)7(11)3-5(4)9(12,13)14/h2-3H,1H3/q-1. The number of benzene rings is 1. The first-order valence-corrected chi connectivity index (χ1v) is 4.04. The van der Waals surface area contributed by atoms with Crippen LogP contribution < -0.4 is 5.46 Å². The fourth-order valence-electron chi connectivity index (χ4n) is 1.12. The molecule has 88 valence electrons. The van der Waals surface area contributed by atoms with Gasteiger partial charge in [-0.1, -0.05) is 5.46 Å². The second kappa shape index (κ2) is 4.11.